The average Bonchev–Trinajstić information content (AvgIpc) is 2.84. The zero-order valence-electron chi connectivity index (χ0n) is 8.79. The van der Waals surface area contributed by atoms with Crippen LogP contribution in [0.25, 0.3) is 0 Å². The van der Waals surface area contributed by atoms with Crippen LogP contribution in [0.3, 0.4) is 0 Å². The van der Waals surface area contributed by atoms with Gasteiger partial charge in [0.15, 0.2) is 0 Å². The molecule has 1 aliphatic carbocycles. The quantitative estimate of drug-likeness (QED) is 0.813. The first-order valence-electron chi connectivity index (χ1n) is 4.98. The fraction of sp³-hybridized carbons (Fsp3) is 0.300. The third-order valence-electron chi connectivity index (χ3n) is 2.42. The Balaban J connectivity index is 2.16. The molecule has 0 aliphatic heterocycles. The highest BCUT2D eigenvalue weighted by atomic mass is 32.2. The van der Waals surface area contributed by atoms with Crippen LogP contribution in [-0.2, 0) is 10.0 Å². The summed E-state index contributed by atoms with van der Waals surface area (Å²) in [5.74, 6) is -1.12. The van der Waals surface area contributed by atoms with Crippen molar-refractivity contribution in [3.63, 3.8) is 0 Å². The van der Waals surface area contributed by atoms with Gasteiger partial charge in [0.1, 0.15) is 4.21 Å². The van der Waals surface area contributed by atoms with E-state index in [1.807, 2.05) is 12.2 Å². The Labute approximate surface area is 103 Å². The maximum absolute atomic E-state index is 11.9. The van der Waals surface area contributed by atoms with Gasteiger partial charge in [-0.05, 0) is 18.9 Å². The van der Waals surface area contributed by atoms with E-state index >= 15 is 0 Å². The smallest absolute Gasteiger partial charge is 0.336 e. The van der Waals surface area contributed by atoms with Gasteiger partial charge < -0.3 is 5.11 Å². The van der Waals surface area contributed by atoms with Crippen molar-refractivity contribution in [2.45, 2.75) is 23.1 Å². The highest BCUT2D eigenvalue weighted by molar-refractivity contribution is 7.91. The van der Waals surface area contributed by atoms with E-state index in [0.717, 1.165) is 11.3 Å². The number of nitrogens with one attached hydrogen (secondary N) is 1. The minimum atomic E-state index is -3.59. The topological polar surface area (TPSA) is 83.5 Å². The van der Waals surface area contributed by atoms with Crippen LogP contribution in [0.4, 0.5) is 0 Å². The highest BCUT2D eigenvalue weighted by Crippen LogP contribution is 2.22. The van der Waals surface area contributed by atoms with Crippen LogP contribution in [0.1, 0.15) is 23.2 Å². The molecule has 17 heavy (non-hydrogen) atoms. The zero-order valence-corrected chi connectivity index (χ0v) is 10.4. The monoisotopic (exact) mass is 273 g/mol. The Morgan fingerprint density at radius 2 is 2.06 bits per heavy atom. The van der Waals surface area contributed by atoms with Crippen molar-refractivity contribution < 1.29 is 18.3 Å². The summed E-state index contributed by atoms with van der Waals surface area (Å²) in [6.45, 7) is 0. The lowest BCUT2D eigenvalue weighted by atomic mass is 10.3. The summed E-state index contributed by atoms with van der Waals surface area (Å²) in [5.41, 5.74) is -0.0000723. The molecule has 0 saturated heterocycles. The maximum atomic E-state index is 11.9. The van der Waals surface area contributed by atoms with Crippen molar-refractivity contribution >= 4 is 27.3 Å². The van der Waals surface area contributed by atoms with E-state index in [2.05, 4.69) is 4.72 Å². The molecule has 0 unspecified atom stereocenters. The minimum Gasteiger partial charge on any atom is -0.478 e. The van der Waals surface area contributed by atoms with Crippen molar-refractivity contribution in [3.05, 3.63) is 29.2 Å². The van der Waals surface area contributed by atoms with Crippen molar-refractivity contribution in [3.8, 4) is 0 Å². The number of aromatic carboxylic acids is 1. The fourth-order valence-electron chi connectivity index (χ4n) is 1.56. The molecule has 0 fully saturated rings. The van der Waals surface area contributed by atoms with Crippen LogP contribution in [0.5, 0.6) is 0 Å². The molecule has 92 valence electrons. The van der Waals surface area contributed by atoms with Gasteiger partial charge in [0.05, 0.1) is 5.56 Å². The molecule has 1 aromatic heterocycles. The summed E-state index contributed by atoms with van der Waals surface area (Å²) in [6, 6.07) is 1.06. The summed E-state index contributed by atoms with van der Waals surface area (Å²) in [6.07, 6.45) is 5.20. The number of thiophene rings is 1. The highest BCUT2D eigenvalue weighted by Gasteiger charge is 2.23. The van der Waals surface area contributed by atoms with E-state index in [-0.39, 0.29) is 15.8 Å². The average molecular weight is 273 g/mol. The molecule has 0 radical (unpaired) electrons. The van der Waals surface area contributed by atoms with Gasteiger partial charge in [0.2, 0.25) is 10.0 Å². The van der Waals surface area contributed by atoms with Crippen LogP contribution in [0.2, 0.25) is 0 Å². The van der Waals surface area contributed by atoms with E-state index in [1.165, 1.54) is 11.4 Å². The van der Waals surface area contributed by atoms with E-state index in [9.17, 15) is 13.2 Å². The first kappa shape index (κ1) is 12.3. The Hall–Kier alpha value is -1.18. The summed E-state index contributed by atoms with van der Waals surface area (Å²) in [5, 5.41) is 10.1. The zero-order chi connectivity index (χ0) is 12.5. The number of rotatable bonds is 4. The number of hydrogen-bond acceptors (Lipinski definition) is 4. The Morgan fingerprint density at radius 3 is 2.59 bits per heavy atom. The third-order valence-corrected chi connectivity index (χ3v) is 5.38. The van der Waals surface area contributed by atoms with Crippen LogP contribution < -0.4 is 4.72 Å². The lowest BCUT2D eigenvalue weighted by Gasteiger charge is -2.10. The normalized spacial score (nSPS) is 16.5. The van der Waals surface area contributed by atoms with Crippen LogP contribution in [0.15, 0.2) is 27.8 Å². The molecule has 0 saturated carbocycles. The van der Waals surface area contributed by atoms with E-state index < -0.39 is 16.0 Å². The van der Waals surface area contributed by atoms with Gasteiger partial charge in [-0.25, -0.2) is 17.9 Å². The van der Waals surface area contributed by atoms with E-state index in [1.54, 1.807) is 0 Å². The van der Waals surface area contributed by atoms with Crippen LogP contribution in [0, 0.1) is 0 Å². The lowest BCUT2D eigenvalue weighted by molar-refractivity contribution is 0.0697. The molecular formula is C10H11NO4S2. The van der Waals surface area contributed by atoms with Crippen molar-refractivity contribution in [1.82, 2.24) is 4.72 Å². The standard InChI is InChI=1S/C10H11NO4S2/c12-10(13)7-5-9(16-6-7)17(14,15)11-8-3-1-2-4-8/h1-2,5-6,8,11H,3-4H2,(H,12,13). The molecule has 0 aromatic carbocycles. The Kier molecular flexibility index (Phi) is 3.32. The molecule has 0 bridgehead atoms. The molecule has 2 N–H and O–H groups in total. The van der Waals surface area contributed by atoms with Gasteiger partial charge in [-0.3, -0.25) is 0 Å². The number of sulfonamides is 1. The first-order valence-corrected chi connectivity index (χ1v) is 7.34. The molecule has 1 aromatic rings. The maximum Gasteiger partial charge on any atom is 0.336 e. The second-order valence-corrected chi connectivity index (χ2v) is 6.57. The SMILES string of the molecule is O=C(O)c1csc(S(=O)(=O)NC2CC=CC2)c1. The molecule has 0 amide bonds. The number of carboxylic acids is 1. The largest absolute Gasteiger partial charge is 0.478 e. The summed E-state index contributed by atoms with van der Waals surface area (Å²) < 4.78 is 26.4. The molecule has 0 atom stereocenters. The van der Waals surface area contributed by atoms with E-state index in [4.69, 9.17) is 5.11 Å². The van der Waals surface area contributed by atoms with Gasteiger partial charge in [0.25, 0.3) is 0 Å². The van der Waals surface area contributed by atoms with Gasteiger partial charge in [-0.1, -0.05) is 12.2 Å². The summed E-state index contributed by atoms with van der Waals surface area (Å²) >= 11 is 0.916. The van der Waals surface area contributed by atoms with Crippen LogP contribution in [-0.4, -0.2) is 25.5 Å². The number of carboxylic acid groups (broad SMARTS) is 1. The molecule has 2 rings (SSSR count). The molecule has 0 spiro atoms. The molecular weight excluding hydrogens is 262 g/mol. The fourth-order valence-corrected chi connectivity index (χ4v) is 3.99. The second-order valence-electron chi connectivity index (χ2n) is 3.72. The first-order chi connectivity index (χ1) is 7.99. The van der Waals surface area contributed by atoms with Gasteiger partial charge in [-0.2, -0.15) is 0 Å². The van der Waals surface area contributed by atoms with Gasteiger partial charge >= 0.3 is 5.97 Å². The van der Waals surface area contributed by atoms with Gasteiger partial charge in [0, 0.05) is 11.4 Å². The van der Waals surface area contributed by atoms with Crippen molar-refractivity contribution in [2.75, 3.05) is 0 Å². The molecule has 1 heterocycles. The predicted molar refractivity (Wildman–Crippen MR) is 63.8 cm³/mol. The van der Waals surface area contributed by atoms with Crippen molar-refractivity contribution in [2.24, 2.45) is 0 Å². The summed E-state index contributed by atoms with van der Waals surface area (Å²) in [7, 11) is -3.59. The minimum absolute atomic E-state index is 0.0000723. The van der Waals surface area contributed by atoms with Gasteiger partial charge in [-0.15, -0.1) is 11.3 Å². The molecule has 7 heteroatoms. The third kappa shape index (κ3) is 2.74. The summed E-state index contributed by atoms with van der Waals surface area (Å²) in [4.78, 5) is 10.7. The lowest BCUT2D eigenvalue weighted by Crippen LogP contribution is -2.32. The second kappa shape index (κ2) is 4.59. The van der Waals surface area contributed by atoms with Crippen molar-refractivity contribution in [1.29, 1.82) is 0 Å². The van der Waals surface area contributed by atoms with E-state index in [0.29, 0.717) is 12.8 Å². The Morgan fingerprint density at radius 1 is 1.41 bits per heavy atom. The Bertz CT molecular complexity index is 551. The number of carbonyl (C=O) groups is 1. The molecule has 1 aliphatic rings. The van der Waals surface area contributed by atoms with Crippen LogP contribution >= 0.6 is 11.3 Å². The predicted octanol–water partition coefficient (Wildman–Crippen LogP) is 1.44. The number of hydrogen-bond donors (Lipinski definition) is 2. The molecule has 5 nitrogen and oxygen atoms in total.